The Bertz CT molecular complexity index is 443. The highest BCUT2D eigenvalue weighted by Gasteiger charge is 2.07. The molecule has 90 valence electrons. The highest BCUT2D eigenvalue weighted by atomic mass is 32.2. The molecule has 0 heterocycles. The molecule has 0 radical (unpaired) electrons. The molecular formula is C11H18N2O2S. The topological polar surface area (TPSA) is 72.2 Å². The summed E-state index contributed by atoms with van der Waals surface area (Å²) < 4.78 is 22.3. The number of primary sulfonamides is 1. The van der Waals surface area contributed by atoms with Crippen molar-refractivity contribution in [2.45, 2.75) is 37.8 Å². The Morgan fingerprint density at radius 1 is 1.44 bits per heavy atom. The van der Waals surface area contributed by atoms with Gasteiger partial charge in [0.1, 0.15) is 0 Å². The molecule has 1 rings (SSSR count). The van der Waals surface area contributed by atoms with Crippen LogP contribution >= 0.6 is 0 Å². The summed E-state index contributed by atoms with van der Waals surface area (Å²) in [5.74, 6) is 0. The van der Waals surface area contributed by atoms with Crippen LogP contribution in [0.1, 0.15) is 25.8 Å². The maximum atomic E-state index is 11.1. The molecule has 0 aliphatic carbocycles. The molecule has 1 unspecified atom stereocenters. The Labute approximate surface area is 96.9 Å². The molecule has 1 aromatic rings. The zero-order chi connectivity index (χ0) is 12.2. The number of nitrogens with two attached hydrogens (primary N) is 1. The van der Waals surface area contributed by atoms with Gasteiger partial charge in [-0.15, -0.1) is 0 Å². The predicted octanol–water partition coefficient (Wildman–Crippen LogP) is 1.22. The molecule has 16 heavy (non-hydrogen) atoms. The average Bonchev–Trinajstić information content (AvgIpc) is 2.25. The van der Waals surface area contributed by atoms with Crippen molar-refractivity contribution >= 4 is 10.0 Å². The lowest BCUT2D eigenvalue weighted by Crippen LogP contribution is -2.24. The zero-order valence-electron chi connectivity index (χ0n) is 9.60. The minimum absolute atomic E-state index is 0.163. The Morgan fingerprint density at radius 3 is 2.69 bits per heavy atom. The first-order valence-corrected chi connectivity index (χ1v) is 6.83. The molecule has 0 bridgehead atoms. The fourth-order valence-corrected chi connectivity index (χ4v) is 1.85. The fraction of sp³-hybridized carbons (Fsp3) is 0.455. The van der Waals surface area contributed by atoms with Gasteiger partial charge in [0.05, 0.1) is 4.90 Å². The van der Waals surface area contributed by atoms with Crippen molar-refractivity contribution in [2.75, 3.05) is 0 Å². The number of benzene rings is 1. The number of hydrogen-bond acceptors (Lipinski definition) is 3. The van der Waals surface area contributed by atoms with Gasteiger partial charge in [-0.25, -0.2) is 13.6 Å². The van der Waals surface area contributed by atoms with Gasteiger partial charge in [-0.3, -0.25) is 0 Å². The number of nitrogens with one attached hydrogen (secondary N) is 1. The molecule has 0 aliphatic rings. The lowest BCUT2D eigenvalue weighted by molar-refractivity contribution is 0.533. The second-order valence-electron chi connectivity index (χ2n) is 3.88. The Morgan fingerprint density at radius 2 is 2.12 bits per heavy atom. The van der Waals surface area contributed by atoms with Gasteiger partial charge >= 0.3 is 0 Å². The summed E-state index contributed by atoms with van der Waals surface area (Å²) in [5.41, 5.74) is 0.923. The van der Waals surface area contributed by atoms with Crippen LogP contribution in [-0.2, 0) is 16.6 Å². The predicted molar refractivity (Wildman–Crippen MR) is 64.4 cm³/mol. The van der Waals surface area contributed by atoms with E-state index in [1.807, 2.05) is 6.07 Å². The third-order valence-electron chi connectivity index (χ3n) is 2.49. The minimum atomic E-state index is -3.60. The third-order valence-corrected chi connectivity index (χ3v) is 3.40. The molecule has 5 heteroatoms. The van der Waals surface area contributed by atoms with Crippen LogP contribution in [0.5, 0.6) is 0 Å². The molecule has 1 atom stereocenters. The quantitative estimate of drug-likeness (QED) is 0.815. The van der Waals surface area contributed by atoms with Crippen LogP contribution in [0.3, 0.4) is 0 Å². The Kier molecular flexibility index (Phi) is 4.46. The highest BCUT2D eigenvalue weighted by molar-refractivity contribution is 7.89. The minimum Gasteiger partial charge on any atom is -0.310 e. The van der Waals surface area contributed by atoms with E-state index in [9.17, 15) is 8.42 Å². The first-order valence-electron chi connectivity index (χ1n) is 5.28. The van der Waals surface area contributed by atoms with Gasteiger partial charge in [0.25, 0.3) is 0 Å². The normalized spacial score (nSPS) is 13.7. The van der Waals surface area contributed by atoms with Crippen molar-refractivity contribution in [2.24, 2.45) is 5.14 Å². The standard InChI is InChI=1S/C11H18N2O2S/c1-3-9(2)13-8-10-5-4-6-11(7-10)16(12,14)15/h4-7,9,13H,3,8H2,1-2H3,(H2,12,14,15). The second kappa shape index (κ2) is 5.43. The summed E-state index contributed by atoms with van der Waals surface area (Å²) in [4.78, 5) is 0.163. The fourth-order valence-electron chi connectivity index (χ4n) is 1.27. The zero-order valence-corrected chi connectivity index (χ0v) is 10.4. The molecule has 4 nitrogen and oxygen atoms in total. The lowest BCUT2D eigenvalue weighted by atomic mass is 10.2. The van der Waals surface area contributed by atoms with E-state index in [2.05, 4.69) is 19.2 Å². The highest BCUT2D eigenvalue weighted by Crippen LogP contribution is 2.09. The first-order chi connectivity index (χ1) is 7.43. The summed E-state index contributed by atoms with van der Waals surface area (Å²) in [6.45, 7) is 4.83. The SMILES string of the molecule is CCC(C)NCc1cccc(S(N)(=O)=O)c1. The molecule has 0 amide bonds. The second-order valence-corrected chi connectivity index (χ2v) is 5.44. The van der Waals surface area contributed by atoms with Gasteiger partial charge in [0, 0.05) is 12.6 Å². The summed E-state index contributed by atoms with van der Waals surface area (Å²) in [7, 11) is -3.60. The average molecular weight is 242 g/mol. The van der Waals surface area contributed by atoms with Crippen LogP contribution in [-0.4, -0.2) is 14.5 Å². The van der Waals surface area contributed by atoms with E-state index in [4.69, 9.17) is 5.14 Å². The number of rotatable bonds is 5. The first kappa shape index (κ1) is 13.2. The van der Waals surface area contributed by atoms with Gasteiger partial charge in [-0.2, -0.15) is 0 Å². The van der Waals surface area contributed by atoms with Crippen LogP contribution in [0.4, 0.5) is 0 Å². The molecule has 0 spiro atoms. The number of hydrogen-bond donors (Lipinski definition) is 2. The molecule has 0 aliphatic heterocycles. The maximum absolute atomic E-state index is 11.1. The van der Waals surface area contributed by atoms with Crippen LogP contribution in [0.2, 0.25) is 0 Å². The summed E-state index contributed by atoms with van der Waals surface area (Å²) in [6, 6.07) is 7.10. The van der Waals surface area contributed by atoms with Crippen LogP contribution in [0.25, 0.3) is 0 Å². The molecule has 0 saturated carbocycles. The van der Waals surface area contributed by atoms with E-state index in [-0.39, 0.29) is 4.90 Å². The van der Waals surface area contributed by atoms with E-state index in [0.29, 0.717) is 12.6 Å². The monoisotopic (exact) mass is 242 g/mol. The summed E-state index contributed by atoms with van der Waals surface area (Å²) in [5, 5.41) is 8.35. The van der Waals surface area contributed by atoms with E-state index in [0.717, 1.165) is 12.0 Å². The third kappa shape index (κ3) is 3.92. The Balaban J connectivity index is 2.76. The van der Waals surface area contributed by atoms with Crippen LogP contribution in [0.15, 0.2) is 29.2 Å². The largest absolute Gasteiger partial charge is 0.310 e. The van der Waals surface area contributed by atoms with Crippen LogP contribution < -0.4 is 10.5 Å². The molecule has 1 aromatic carbocycles. The molecule has 0 saturated heterocycles. The van der Waals surface area contributed by atoms with Crippen molar-refractivity contribution < 1.29 is 8.42 Å². The van der Waals surface area contributed by atoms with E-state index >= 15 is 0 Å². The van der Waals surface area contributed by atoms with Crippen molar-refractivity contribution in [3.63, 3.8) is 0 Å². The van der Waals surface area contributed by atoms with Crippen molar-refractivity contribution in [3.8, 4) is 0 Å². The van der Waals surface area contributed by atoms with E-state index in [1.165, 1.54) is 6.07 Å². The molecular weight excluding hydrogens is 224 g/mol. The number of sulfonamides is 1. The van der Waals surface area contributed by atoms with Crippen molar-refractivity contribution in [1.82, 2.24) is 5.32 Å². The van der Waals surface area contributed by atoms with E-state index in [1.54, 1.807) is 12.1 Å². The maximum Gasteiger partial charge on any atom is 0.238 e. The van der Waals surface area contributed by atoms with Gasteiger partial charge in [0.15, 0.2) is 0 Å². The lowest BCUT2D eigenvalue weighted by Gasteiger charge is -2.11. The summed E-state index contributed by atoms with van der Waals surface area (Å²) >= 11 is 0. The van der Waals surface area contributed by atoms with Gasteiger partial charge in [0.2, 0.25) is 10.0 Å². The molecule has 0 fully saturated rings. The summed E-state index contributed by atoms with van der Waals surface area (Å²) in [6.07, 6.45) is 1.04. The molecule has 0 aromatic heterocycles. The molecule has 3 N–H and O–H groups in total. The van der Waals surface area contributed by atoms with Gasteiger partial charge in [-0.1, -0.05) is 19.1 Å². The van der Waals surface area contributed by atoms with Crippen molar-refractivity contribution in [3.05, 3.63) is 29.8 Å². The van der Waals surface area contributed by atoms with Gasteiger partial charge < -0.3 is 5.32 Å². The van der Waals surface area contributed by atoms with Crippen LogP contribution in [0, 0.1) is 0 Å². The van der Waals surface area contributed by atoms with E-state index < -0.39 is 10.0 Å². The van der Waals surface area contributed by atoms with Gasteiger partial charge in [-0.05, 0) is 31.0 Å². The van der Waals surface area contributed by atoms with Crippen molar-refractivity contribution in [1.29, 1.82) is 0 Å². The Hall–Kier alpha value is -0.910. The smallest absolute Gasteiger partial charge is 0.238 e.